The first kappa shape index (κ1) is 17.8. The minimum absolute atomic E-state index is 0.475. The Bertz CT molecular complexity index is 966. The number of pyridine rings is 1. The Balaban J connectivity index is 1.40. The molecular weight excluding hydrogens is 357 g/mol. The van der Waals surface area contributed by atoms with Crippen LogP contribution < -0.4 is 0 Å². The van der Waals surface area contributed by atoms with Crippen LogP contribution in [0.1, 0.15) is 31.2 Å². The molecule has 0 atom stereocenters. The maximum atomic E-state index is 15.9. The molecule has 0 unspecified atom stereocenters. The molecule has 1 aliphatic heterocycles. The first-order chi connectivity index (χ1) is 13.6. The Kier molecular flexibility index (Phi) is 4.44. The number of aromatic nitrogens is 4. The molecule has 1 saturated carbocycles. The Labute approximate surface area is 163 Å². The lowest BCUT2D eigenvalue weighted by molar-refractivity contribution is -0.0116. The molecule has 6 nitrogen and oxygen atoms in total. The minimum Gasteiger partial charge on any atom is -0.379 e. The highest BCUT2D eigenvalue weighted by atomic mass is 19.1. The Morgan fingerprint density at radius 1 is 1.21 bits per heavy atom. The third kappa shape index (κ3) is 3.12. The second-order valence-corrected chi connectivity index (χ2v) is 8.07. The number of ether oxygens (including phenoxy) is 1. The second kappa shape index (κ2) is 6.97. The summed E-state index contributed by atoms with van der Waals surface area (Å²) in [7, 11) is 1.89. The zero-order chi connectivity index (χ0) is 19.1. The fraction of sp³-hybridized carbons (Fsp3) is 0.524. The summed E-state index contributed by atoms with van der Waals surface area (Å²) in [4.78, 5) is 10.2. The Morgan fingerprint density at radius 3 is 2.71 bits per heavy atom. The quantitative estimate of drug-likeness (QED) is 0.753. The van der Waals surface area contributed by atoms with Gasteiger partial charge >= 0.3 is 0 Å². The van der Waals surface area contributed by atoms with Gasteiger partial charge in [-0.15, -0.1) is 0 Å². The van der Waals surface area contributed by atoms with Crippen LogP contribution in [0.2, 0.25) is 0 Å². The number of nitrogens with zero attached hydrogens (tertiary/aromatic N) is 4. The number of hydrogen-bond donors (Lipinski definition) is 1. The number of rotatable bonds is 3. The topological polar surface area (TPSA) is 59.0 Å². The van der Waals surface area contributed by atoms with Crippen molar-refractivity contribution in [2.75, 3.05) is 26.3 Å². The summed E-state index contributed by atoms with van der Waals surface area (Å²) in [6.45, 7) is 3.52. The highest BCUT2D eigenvalue weighted by molar-refractivity contribution is 5.93. The number of nitrogens with one attached hydrogen (secondary N) is 1. The van der Waals surface area contributed by atoms with E-state index >= 15 is 4.39 Å². The maximum absolute atomic E-state index is 15.9. The van der Waals surface area contributed by atoms with E-state index in [1.807, 2.05) is 31.7 Å². The molecule has 0 bridgehead atoms. The van der Waals surface area contributed by atoms with E-state index in [0.29, 0.717) is 24.4 Å². The summed E-state index contributed by atoms with van der Waals surface area (Å²) in [5, 5.41) is 5.21. The van der Waals surface area contributed by atoms with Gasteiger partial charge in [0.2, 0.25) is 0 Å². The van der Waals surface area contributed by atoms with Crippen molar-refractivity contribution in [1.82, 2.24) is 24.6 Å². The van der Waals surface area contributed by atoms with Gasteiger partial charge in [0.15, 0.2) is 0 Å². The second-order valence-electron chi connectivity index (χ2n) is 8.07. The summed E-state index contributed by atoms with van der Waals surface area (Å²) >= 11 is 0. The molecule has 3 aromatic rings. The number of aryl methyl sites for hydroxylation is 1. The average molecular weight is 383 g/mol. The minimum atomic E-state index is -1.30. The molecule has 5 rings (SSSR count). The van der Waals surface area contributed by atoms with Crippen LogP contribution in [0.5, 0.6) is 0 Å². The molecule has 1 aliphatic carbocycles. The molecule has 3 aromatic heterocycles. The van der Waals surface area contributed by atoms with Crippen LogP contribution in [0.4, 0.5) is 4.39 Å². The zero-order valence-electron chi connectivity index (χ0n) is 16.2. The van der Waals surface area contributed by atoms with Gasteiger partial charge in [-0.1, -0.05) is 0 Å². The van der Waals surface area contributed by atoms with Crippen molar-refractivity contribution in [3.63, 3.8) is 0 Å². The normalized spacial score (nSPS) is 26.7. The third-order valence-corrected chi connectivity index (χ3v) is 6.37. The highest BCUT2D eigenvalue weighted by Gasteiger charge is 2.39. The summed E-state index contributed by atoms with van der Waals surface area (Å²) in [5.41, 5.74) is 2.21. The van der Waals surface area contributed by atoms with Crippen molar-refractivity contribution in [1.29, 1.82) is 0 Å². The number of hydrogen-bond acceptors (Lipinski definition) is 4. The smallest absolute Gasteiger partial charge is 0.137 e. The molecule has 0 amide bonds. The third-order valence-electron chi connectivity index (χ3n) is 6.37. The first-order valence-corrected chi connectivity index (χ1v) is 10.1. The lowest BCUT2D eigenvalue weighted by Crippen LogP contribution is -2.46. The van der Waals surface area contributed by atoms with Crippen molar-refractivity contribution in [3.05, 3.63) is 36.4 Å². The van der Waals surface area contributed by atoms with Gasteiger partial charge in [0.05, 0.1) is 19.4 Å². The molecule has 28 heavy (non-hydrogen) atoms. The van der Waals surface area contributed by atoms with Crippen LogP contribution in [-0.4, -0.2) is 57.0 Å². The van der Waals surface area contributed by atoms with E-state index in [1.54, 1.807) is 10.9 Å². The largest absolute Gasteiger partial charge is 0.379 e. The standard InChI is InChI=1S/C21H26FN5O/c1-26-14-15(11-25-26)19-13-24-20-18(19)10-16(12-23-20)21(22)4-2-17(3-5-21)27-6-8-28-9-7-27/h10-14,17H,2-9H2,1H3,(H,23,24). The molecule has 1 saturated heterocycles. The number of H-pyrrole nitrogens is 1. The monoisotopic (exact) mass is 383 g/mol. The fourth-order valence-electron chi connectivity index (χ4n) is 4.70. The van der Waals surface area contributed by atoms with Crippen molar-refractivity contribution in [3.8, 4) is 11.1 Å². The SMILES string of the molecule is Cn1cc(-c2c[nH]c3ncc(C4(F)CCC(N5CCOCC5)CC4)cc23)cn1. The van der Waals surface area contributed by atoms with Gasteiger partial charge in [-0.25, -0.2) is 9.37 Å². The average Bonchev–Trinajstić information content (AvgIpc) is 3.34. The van der Waals surface area contributed by atoms with E-state index in [-0.39, 0.29) is 0 Å². The molecule has 2 aliphatic rings. The van der Waals surface area contributed by atoms with Crippen LogP contribution in [0, 0.1) is 0 Å². The summed E-state index contributed by atoms with van der Waals surface area (Å²) in [6.07, 6.45) is 10.3. The van der Waals surface area contributed by atoms with E-state index in [4.69, 9.17) is 4.74 Å². The summed E-state index contributed by atoms with van der Waals surface area (Å²) < 4.78 is 23.1. The fourth-order valence-corrected chi connectivity index (χ4v) is 4.70. The van der Waals surface area contributed by atoms with Crippen LogP contribution in [0.3, 0.4) is 0 Å². The van der Waals surface area contributed by atoms with Gasteiger partial charge in [0.1, 0.15) is 11.3 Å². The maximum Gasteiger partial charge on any atom is 0.137 e. The van der Waals surface area contributed by atoms with Gasteiger partial charge in [0.25, 0.3) is 0 Å². The predicted molar refractivity (Wildman–Crippen MR) is 106 cm³/mol. The van der Waals surface area contributed by atoms with Gasteiger partial charge < -0.3 is 9.72 Å². The molecular formula is C21H26FN5O. The van der Waals surface area contributed by atoms with Crippen molar-refractivity contribution >= 4 is 11.0 Å². The zero-order valence-corrected chi connectivity index (χ0v) is 16.2. The van der Waals surface area contributed by atoms with Crippen LogP contribution in [0.15, 0.2) is 30.9 Å². The molecule has 2 fully saturated rings. The summed E-state index contributed by atoms with van der Waals surface area (Å²) in [6, 6.07) is 2.46. The van der Waals surface area contributed by atoms with E-state index in [2.05, 4.69) is 20.0 Å². The van der Waals surface area contributed by atoms with E-state index in [1.165, 1.54) is 0 Å². The number of aromatic amines is 1. The number of morpholine rings is 1. The number of fused-ring (bicyclic) bond motifs is 1. The van der Waals surface area contributed by atoms with Crippen molar-refractivity contribution in [2.24, 2.45) is 7.05 Å². The highest BCUT2D eigenvalue weighted by Crippen LogP contribution is 2.43. The lowest BCUT2D eigenvalue weighted by Gasteiger charge is -2.41. The molecule has 4 heterocycles. The van der Waals surface area contributed by atoms with Crippen molar-refractivity contribution < 1.29 is 9.13 Å². The molecule has 0 radical (unpaired) electrons. The first-order valence-electron chi connectivity index (χ1n) is 10.1. The number of halogens is 1. The van der Waals surface area contributed by atoms with Gasteiger partial charge in [-0.3, -0.25) is 9.58 Å². The lowest BCUT2D eigenvalue weighted by atomic mass is 9.79. The molecule has 1 N–H and O–H groups in total. The van der Waals surface area contributed by atoms with Gasteiger partial charge in [-0.2, -0.15) is 5.10 Å². The Morgan fingerprint density at radius 2 is 2.00 bits per heavy atom. The number of alkyl halides is 1. The van der Waals surface area contributed by atoms with Crippen LogP contribution in [0.25, 0.3) is 22.2 Å². The van der Waals surface area contributed by atoms with Gasteiger partial charge in [-0.05, 0) is 31.7 Å². The van der Waals surface area contributed by atoms with Crippen LogP contribution in [-0.2, 0) is 17.5 Å². The molecule has 7 heteroatoms. The van der Waals surface area contributed by atoms with Gasteiger partial charge in [0, 0.05) is 66.8 Å². The van der Waals surface area contributed by atoms with E-state index in [9.17, 15) is 0 Å². The predicted octanol–water partition coefficient (Wildman–Crippen LogP) is 3.40. The molecule has 0 aromatic carbocycles. The van der Waals surface area contributed by atoms with E-state index < -0.39 is 5.67 Å². The Hall–Kier alpha value is -2.25. The van der Waals surface area contributed by atoms with E-state index in [0.717, 1.165) is 61.3 Å². The van der Waals surface area contributed by atoms with Crippen molar-refractivity contribution in [2.45, 2.75) is 37.4 Å². The molecule has 148 valence electrons. The molecule has 0 spiro atoms. The summed E-state index contributed by atoms with van der Waals surface area (Å²) in [5.74, 6) is 0. The van der Waals surface area contributed by atoms with Crippen LogP contribution >= 0.6 is 0 Å².